The Morgan fingerprint density at radius 1 is 1.22 bits per heavy atom. The maximum atomic E-state index is 4.75. The minimum atomic E-state index is 0.668. The molecule has 1 saturated heterocycles. The van der Waals surface area contributed by atoms with E-state index in [1.54, 1.807) is 0 Å². The Morgan fingerprint density at radius 2 is 2.00 bits per heavy atom. The highest BCUT2D eigenvalue weighted by atomic mass is 32.1. The Hall–Kier alpha value is -1.19. The van der Waals surface area contributed by atoms with E-state index in [-0.39, 0.29) is 0 Å². The number of benzene rings is 1. The zero-order valence-electron chi connectivity index (χ0n) is 10.9. The van der Waals surface area contributed by atoms with Crippen LogP contribution in [0.5, 0.6) is 0 Å². The second-order valence-corrected chi connectivity index (χ2v) is 6.06. The molecule has 1 aliphatic rings. The molecule has 1 atom stereocenters. The molecule has 3 heteroatoms. The largest absolute Gasteiger partial charge is 0.316 e. The average molecular weight is 258 g/mol. The van der Waals surface area contributed by atoms with Crippen molar-refractivity contribution < 1.29 is 0 Å². The van der Waals surface area contributed by atoms with Crippen LogP contribution in [-0.4, -0.2) is 18.1 Å². The number of hydrogen-bond donors (Lipinski definition) is 1. The van der Waals surface area contributed by atoms with Gasteiger partial charge in [0.15, 0.2) is 0 Å². The van der Waals surface area contributed by atoms with Crippen LogP contribution in [0.15, 0.2) is 24.3 Å². The van der Waals surface area contributed by atoms with Crippen molar-refractivity contribution in [2.75, 3.05) is 13.1 Å². The lowest BCUT2D eigenvalue weighted by Crippen LogP contribution is -2.07. The third-order valence-corrected chi connectivity index (χ3v) is 4.93. The first-order chi connectivity index (χ1) is 8.74. The molecule has 0 amide bonds. The first-order valence-corrected chi connectivity index (χ1v) is 7.31. The fourth-order valence-corrected chi connectivity index (χ4v) is 3.69. The number of aromatic nitrogens is 1. The first-order valence-electron chi connectivity index (χ1n) is 6.49. The molecule has 1 fully saturated rings. The topological polar surface area (TPSA) is 24.9 Å². The Bertz CT molecular complexity index is 536. The number of hydrogen-bond acceptors (Lipinski definition) is 3. The van der Waals surface area contributed by atoms with Gasteiger partial charge in [0.1, 0.15) is 5.01 Å². The molecule has 1 aromatic heterocycles. The summed E-state index contributed by atoms with van der Waals surface area (Å²) in [5.41, 5.74) is 3.75. The monoisotopic (exact) mass is 258 g/mol. The summed E-state index contributed by atoms with van der Waals surface area (Å²) >= 11 is 1.86. The van der Waals surface area contributed by atoms with Gasteiger partial charge in [-0.3, -0.25) is 0 Å². The molecule has 0 saturated carbocycles. The van der Waals surface area contributed by atoms with Crippen molar-refractivity contribution in [2.24, 2.45) is 0 Å². The molecule has 0 radical (unpaired) electrons. The van der Waals surface area contributed by atoms with Crippen LogP contribution >= 0.6 is 11.3 Å². The summed E-state index contributed by atoms with van der Waals surface area (Å²) < 4.78 is 0. The zero-order valence-corrected chi connectivity index (χ0v) is 11.7. The van der Waals surface area contributed by atoms with Gasteiger partial charge in [-0.2, -0.15) is 0 Å². The van der Waals surface area contributed by atoms with E-state index < -0.39 is 0 Å². The van der Waals surface area contributed by atoms with Gasteiger partial charge in [0, 0.05) is 22.9 Å². The molecular formula is C15H18N2S. The standard InChI is InChI=1S/C15H18N2S/c1-10-3-5-12(6-4-10)15-17-11(2)14(18-15)13-7-8-16-9-13/h3-6,13,16H,7-9H2,1-2H3. The summed E-state index contributed by atoms with van der Waals surface area (Å²) in [6.45, 7) is 6.51. The van der Waals surface area contributed by atoms with Crippen LogP contribution in [0.3, 0.4) is 0 Å². The van der Waals surface area contributed by atoms with Crippen LogP contribution in [0, 0.1) is 13.8 Å². The van der Waals surface area contributed by atoms with Gasteiger partial charge in [-0.1, -0.05) is 29.8 Å². The zero-order chi connectivity index (χ0) is 12.5. The summed E-state index contributed by atoms with van der Waals surface area (Å²) in [6.07, 6.45) is 1.25. The van der Waals surface area contributed by atoms with Crippen LogP contribution in [0.4, 0.5) is 0 Å². The van der Waals surface area contributed by atoms with Crippen molar-refractivity contribution in [1.29, 1.82) is 0 Å². The Kier molecular flexibility index (Phi) is 3.18. The molecule has 1 unspecified atom stereocenters. The normalized spacial score (nSPS) is 19.3. The molecule has 3 rings (SSSR count). The predicted octanol–water partition coefficient (Wildman–Crippen LogP) is 3.50. The van der Waals surface area contributed by atoms with Gasteiger partial charge in [0.05, 0.1) is 5.69 Å². The number of thiazole rings is 1. The Morgan fingerprint density at radius 3 is 2.67 bits per heavy atom. The van der Waals surface area contributed by atoms with E-state index in [0.29, 0.717) is 5.92 Å². The minimum Gasteiger partial charge on any atom is -0.316 e. The van der Waals surface area contributed by atoms with Gasteiger partial charge >= 0.3 is 0 Å². The van der Waals surface area contributed by atoms with Gasteiger partial charge in [-0.25, -0.2) is 4.98 Å². The summed E-state index contributed by atoms with van der Waals surface area (Å²) in [4.78, 5) is 6.21. The van der Waals surface area contributed by atoms with E-state index in [1.165, 1.54) is 28.1 Å². The van der Waals surface area contributed by atoms with Gasteiger partial charge in [0.2, 0.25) is 0 Å². The number of nitrogens with one attached hydrogen (secondary N) is 1. The van der Waals surface area contributed by atoms with Crippen molar-refractivity contribution in [3.63, 3.8) is 0 Å². The molecule has 2 aromatic rings. The lowest BCUT2D eigenvalue weighted by atomic mass is 10.1. The average Bonchev–Trinajstić information content (AvgIpc) is 2.99. The summed E-state index contributed by atoms with van der Waals surface area (Å²) in [6, 6.07) is 8.65. The molecule has 94 valence electrons. The lowest BCUT2D eigenvalue weighted by Gasteiger charge is -2.04. The third-order valence-electron chi connectivity index (χ3n) is 3.56. The fraction of sp³-hybridized carbons (Fsp3) is 0.400. The summed E-state index contributed by atoms with van der Waals surface area (Å²) in [5, 5.41) is 4.59. The Labute approximate surface area is 112 Å². The van der Waals surface area contributed by atoms with E-state index in [1.807, 2.05) is 11.3 Å². The molecule has 0 spiro atoms. The molecule has 1 N–H and O–H groups in total. The Balaban J connectivity index is 1.94. The molecule has 2 nitrogen and oxygen atoms in total. The first kappa shape index (κ1) is 11.9. The smallest absolute Gasteiger partial charge is 0.123 e. The highest BCUT2D eigenvalue weighted by molar-refractivity contribution is 7.15. The van der Waals surface area contributed by atoms with Crippen LogP contribution in [-0.2, 0) is 0 Å². The van der Waals surface area contributed by atoms with Gasteiger partial charge in [0.25, 0.3) is 0 Å². The van der Waals surface area contributed by atoms with E-state index in [4.69, 9.17) is 4.98 Å². The highest BCUT2D eigenvalue weighted by Crippen LogP contribution is 2.35. The molecule has 1 aliphatic heterocycles. The number of rotatable bonds is 2. The van der Waals surface area contributed by atoms with Crippen LogP contribution in [0.1, 0.15) is 28.5 Å². The predicted molar refractivity (Wildman–Crippen MR) is 77.3 cm³/mol. The molecule has 2 heterocycles. The second-order valence-electron chi connectivity index (χ2n) is 5.02. The molecule has 0 bridgehead atoms. The maximum absolute atomic E-state index is 4.75. The van der Waals surface area contributed by atoms with E-state index in [9.17, 15) is 0 Å². The summed E-state index contributed by atoms with van der Waals surface area (Å²) in [7, 11) is 0. The van der Waals surface area contributed by atoms with Crippen molar-refractivity contribution >= 4 is 11.3 Å². The molecule has 18 heavy (non-hydrogen) atoms. The van der Waals surface area contributed by atoms with Crippen LogP contribution < -0.4 is 5.32 Å². The quantitative estimate of drug-likeness (QED) is 0.891. The number of aryl methyl sites for hydroxylation is 2. The third kappa shape index (κ3) is 2.20. The van der Waals surface area contributed by atoms with E-state index in [0.717, 1.165) is 18.1 Å². The van der Waals surface area contributed by atoms with Crippen molar-refractivity contribution in [2.45, 2.75) is 26.2 Å². The SMILES string of the molecule is Cc1ccc(-c2nc(C)c(C3CCNC3)s2)cc1. The molecule has 1 aromatic carbocycles. The lowest BCUT2D eigenvalue weighted by molar-refractivity contribution is 0.770. The van der Waals surface area contributed by atoms with Crippen LogP contribution in [0.25, 0.3) is 10.6 Å². The second kappa shape index (κ2) is 4.82. The maximum Gasteiger partial charge on any atom is 0.123 e. The van der Waals surface area contributed by atoms with Gasteiger partial charge < -0.3 is 5.32 Å². The van der Waals surface area contributed by atoms with E-state index in [2.05, 4.69) is 43.4 Å². The number of nitrogens with zero attached hydrogens (tertiary/aromatic N) is 1. The van der Waals surface area contributed by atoms with Crippen LogP contribution in [0.2, 0.25) is 0 Å². The molecule has 0 aliphatic carbocycles. The van der Waals surface area contributed by atoms with Gasteiger partial charge in [-0.15, -0.1) is 11.3 Å². The minimum absolute atomic E-state index is 0.668. The summed E-state index contributed by atoms with van der Waals surface area (Å²) in [5.74, 6) is 0.668. The van der Waals surface area contributed by atoms with E-state index >= 15 is 0 Å². The highest BCUT2D eigenvalue weighted by Gasteiger charge is 2.22. The van der Waals surface area contributed by atoms with Crippen molar-refractivity contribution in [1.82, 2.24) is 10.3 Å². The van der Waals surface area contributed by atoms with Crippen molar-refractivity contribution in [3.8, 4) is 10.6 Å². The van der Waals surface area contributed by atoms with Gasteiger partial charge in [-0.05, 0) is 26.8 Å². The molecular weight excluding hydrogens is 240 g/mol. The van der Waals surface area contributed by atoms with Crippen molar-refractivity contribution in [3.05, 3.63) is 40.4 Å². The fourth-order valence-electron chi connectivity index (χ4n) is 2.49.